The van der Waals surface area contributed by atoms with Gasteiger partial charge in [-0.15, -0.1) is 11.6 Å². The van der Waals surface area contributed by atoms with Crippen LogP contribution in [0, 0.1) is 10.1 Å². The van der Waals surface area contributed by atoms with E-state index in [4.69, 9.17) is 11.6 Å². The predicted molar refractivity (Wildman–Crippen MR) is 66.8 cm³/mol. The monoisotopic (exact) mass is 271 g/mol. The maximum atomic E-state index is 12.2. The summed E-state index contributed by atoms with van der Waals surface area (Å²) in [6.07, 6.45) is 3.90. The molecular weight excluding hydrogens is 258 g/mol. The Morgan fingerprint density at radius 3 is 3.06 bits per heavy atom. The molecule has 0 radical (unpaired) electrons. The first-order valence-electron chi connectivity index (χ1n) is 5.83. The second kappa shape index (κ2) is 5.39. The number of hydrogen-bond donors (Lipinski definition) is 1. The maximum Gasteiger partial charge on any atom is 0.287 e. The van der Waals surface area contributed by atoms with E-state index in [0.29, 0.717) is 12.4 Å². The third kappa shape index (κ3) is 2.48. The van der Waals surface area contributed by atoms with Crippen molar-refractivity contribution < 1.29 is 9.72 Å². The molecule has 0 aromatic carbocycles. The summed E-state index contributed by atoms with van der Waals surface area (Å²) >= 11 is 5.71. The summed E-state index contributed by atoms with van der Waals surface area (Å²) in [5.74, 6) is 0.329. The molecule has 6 nitrogen and oxygen atoms in total. The van der Waals surface area contributed by atoms with Gasteiger partial charge in [0.2, 0.25) is 0 Å². The Balaban J connectivity index is 2.12. The van der Waals surface area contributed by atoms with Crippen molar-refractivity contribution in [3.05, 3.63) is 28.1 Å². The van der Waals surface area contributed by atoms with Gasteiger partial charge in [-0.05, 0) is 19.3 Å². The SMILES string of the molecule is O=C(c1cc([N+](=O)[O-])c[nH]1)N1CCCC1CCCl. The van der Waals surface area contributed by atoms with Crippen molar-refractivity contribution in [3.63, 3.8) is 0 Å². The number of hydrogen-bond acceptors (Lipinski definition) is 3. The molecule has 1 aliphatic rings. The van der Waals surface area contributed by atoms with Gasteiger partial charge in [-0.3, -0.25) is 14.9 Å². The van der Waals surface area contributed by atoms with Gasteiger partial charge < -0.3 is 9.88 Å². The third-order valence-electron chi connectivity index (χ3n) is 3.19. The average molecular weight is 272 g/mol. The molecule has 1 aromatic rings. The van der Waals surface area contributed by atoms with Gasteiger partial charge in [0.25, 0.3) is 11.6 Å². The zero-order valence-electron chi connectivity index (χ0n) is 9.76. The van der Waals surface area contributed by atoms with Gasteiger partial charge in [-0.1, -0.05) is 0 Å². The molecule has 1 unspecified atom stereocenters. The van der Waals surface area contributed by atoms with Crippen molar-refractivity contribution in [3.8, 4) is 0 Å². The molecule has 98 valence electrons. The number of aromatic amines is 1. The molecule has 0 aliphatic carbocycles. The number of nitro groups is 1. The van der Waals surface area contributed by atoms with Crippen LogP contribution in [0.4, 0.5) is 5.69 Å². The lowest BCUT2D eigenvalue weighted by atomic mass is 10.1. The molecular formula is C11H14ClN3O3. The summed E-state index contributed by atoms with van der Waals surface area (Å²) < 4.78 is 0. The van der Waals surface area contributed by atoms with E-state index in [0.717, 1.165) is 19.3 Å². The lowest BCUT2D eigenvalue weighted by Gasteiger charge is -2.23. The van der Waals surface area contributed by atoms with Gasteiger partial charge in [0, 0.05) is 24.5 Å². The van der Waals surface area contributed by atoms with Gasteiger partial charge in [0.1, 0.15) is 5.69 Å². The second-order valence-corrected chi connectivity index (χ2v) is 4.68. The van der Waals surface area contributed by atoms with E-state index in [2.05, 4.69) is 4.98 Å². The Hall–Kier alpha value is -1.56. The van der Waals surface area contributed by atoms with Crippen LogP contribution >= 0.6 is 11.6 Å². The van der Waals surface area contributed by atoms with Crippen LogP contribution in [0.25, 0.3) is 0 Å². The Kier molecular flexibility index (Phi) is 3.86. The van der Waals surface area contributed by atoms with Gasteiger partial charge in [0.05, 0.1) is 11.1 Å². The van der Waals surface area contributed by atoms with E-state index in [-0.39, 0.29) is 23.3 Å². The number of rotatable bonds is 4. The largest absolute Gasteiger partial charge is 0.351 e. The van der Waals surface area contributed by atoms with Crippen LogP contribution in [0.15, 0.2) is 12.3 Å². The van der Waals surface area contributed by atoms with Gasteiger partial charge in [-0.25, -0.2) is 0 Å². The number of nitrogens with one attached hydrogen (secondary N) is 1. The number of nitrogens with zero attached hydrogens (tertiary/aromatic N) is 2. The van der Waals surface area contributed by atoms with Crippen LogP contribution in [-0.4, -0.2) is 39.2 Å². The molecule has 2 heterocycles. The van der Waals surface area contributed by atoms with Crippen LogP contribution in [0.3, 0.4) is 0 Å². The fraction of sp³-hybridized carbons (Fsp3) is 0.545. The number of H-pyrrole nitrogens is 1. The summed E-state index contributed by atoms with van der Waals surface area (Å²) in [6.45, 7) is 0.688. The highest BCUT2D eigenvalue weighted by molar-refractivity contribution is 6.17. The molecule has 0 saturated carbocycles. The van der Waals surface area contributed by atoms with Gasteiger partial charge in [0.15, 0.2) is 0 Å². The fourth-order valence-corrected chi connectivity index (χ4v) is 2.55. The summed E-state index contributed by atoms with van der Waals surface area (Å²) in [6, 6.07) is 1.43. The molecule has 1 atom stereocenters. The molecule has 1 amide bonds. The Morgan fingerprint density at radius 2 is 2.44 bits per heavy atom. The van der Waals surface area contributed by atoms with Crippen molar-refractivity contribution >= 4 is 23.2 Å². The number of alkyl halides is 1. The summed E-state index contributed by atoms with van der Waals surface area (Å²) in [4.78, 5) is 26.7. The minimum Gasteiger partial charge on any atom is -0.351 e. The van der Waals surface area contributed by atoms with Gasteiger partial charge >= 0.3 is 0 Å². The first kappa shape index (κ1) is 12.9. The Morgan fingerprint density at radius 1 is 1.67 bits per heavy atom. The van der Waals surface area contributed by atoms with E-state index < -0.39 is 4.92 Å². The van der Waals surface area contributed by atoms with Crippen molar-refractivity contribution in [1.29, 1.82) is 0 Å². The summed E-state index contributed by atoms with van der Waals surface area (Å²) in [5.41, 5.74) is 0.176. The normalized spacial score (nSPS) is 19.2. The molecule has 1 saturated heterocycles. The summed E-state index contributed by atoms with van der Waals surface area (Å²) in [7, 11) is 0. The van der Waals surface area contributed by atoms with Crippen LogP contribution in [0.1, 0.15) is 29.8 Å². The molecule has 0 bridgehead atoms. The third-order valence-corrected chi connectivity index (χ3v) is 3.41. The van der Waals surface area contributed by atoms with Crippen molar-refractivity contribution in [1.82, 2.24) is 9.88 Å². The van der Waals surface area contributed by atoms with Crippen molar-refractivity contribution in [2.45, 2.75) is 25.3 Å². The molecule has 1 N–H and O–H groups in total. The van der Waals surface area contributed by atoms with Crippen LogP contribution in [0.5, 0.6) is 0 Å². The number of carbonyl (C=O) groups is 1. The summed E-state index contributed by atoms with van der Waals surface area (Å²) in [5, 5.41) is 10.6. The first-order valence-corrected chi connectivity index (χ1v) is 6.36. The number of halogens is 1. The van der Waals surface area contributed by atoms with E-state index in [1.807, 2.05) is 0 Å². The lowest BCUT2D eigenvalue weighted by molar-refractivity contribution is -0.384. The second-order valence-electron chi connectivity index (χ2n) is 4.30. The van der Waals surface area contributed by atoms with Crippen molar-refractivity contribution in [2.75, 3.05) is 12.4 Å². The quantitative estimate of drug-likeness (QED) is 0.518. The van der Waals surface area contributed by atoms with Gasteiger partial charge in [-0.2, -0.15) is 0 Å². The standard InChI is InChI=1S/C11H14ClN3O3/c12-4-3-8-2-1-5-14(8)11(16)10-6-9(7-13-10)15(17)18/h6-8,13H,1-5H2. The Bertz CT molecular complexity index is 460. The predicted octanol–water partition coefficient (Wildman–Crippen LogP) is 2.16. The van der Waals surface area contributed by atoms with Crippen molar-refractivity contribution in [2.24, 2.45) is 0 Å². The van der Waals surface area contributed by atoms with E-state index >= 15 is 0 Å². The molecule has 2 rings (SSSR count). The average Bonchev–Trinajstić information content (AvgIpc) is 2.97. The Labute approximate surface area is 109 Å². The number of likely N-dealkylation sites (tertiary alicyclic amines) is 1. The smallest absolute Gasteiger partial charge is 0.287 e. The molecule has 1 aliphatic heterocycles. The molecule has 1 aromatic heterocycles. The minimum absolute atomic E-state index is 0.0913. The first-order chi connectivity index (χ1) is 8.63. The van der Waals surface area contributed by atoms with Crippen LogP contribution in [-0.2, 0) is 0 Å². The molecule has 1 fully saturated rings. The zero-order valence-corrected chi connectivity index (χ0v) is 10.5. The van der Waals surface area contributed by atoms with E-state index in [9.17, 15) is 14.9 Å². The van der Waals surface area contributed by atoms with E-state index in [1.54, 1.807) is 4.90 Å². The van der Waals surface area contributed by atoms with E-state index in [1.165, 1.54) is 12.3 Å². The highest BCUT2D eigenvalue weighted by atomic mass is 35.5. The lowest BCUT2D eigenvalue weighted by Crippen LogP contribution is -2.35. The molecule has 0 spiro atoms. The highest BCUT2D eigenvalue weighted by Crippen LogP contribution is 2.23. The fourth-order valence-electron chi connectivity index (χ4n) is 2.30. The van der Waals surface area contributed by atoms with Crippen LogP contribution in [0.2, 0.25) is 0 Å². The zero-order chi connectivity index (χ0) is 13.1. The maximum absolute atomic E-state index is 12.2. The molecule has 7 heteroatoms. The number of aromatic nitrogens is 1. The number of carbonyl (C=O) groups excluding carboxylic acids is 1. The highest BCUT2D eigenvalue weighted by Gasteiger charge is 2.30. The topological polar surface area (TPSA) is 79.2 Å². The van der Waals surface area contributed by atoms with Crippen LogP contribution < -0.4 is 0 Å². The minimum atomic E-state index is -0.520. The number of amides is 1. The molecule has 18 heavy (non-hydrogen) atoms.